The van der Waals surface area contributed by atoms with Gasteiger partial charge in [-0.2, -0.15) is 0 Å². The van der Waals surface area contributed by atoms with E-state index in [1.807, 2.05) is 45.0 Å². The molecule has 1 aromatic rings. The smallest absolute Gasteiger partial charge is 0.316 e. The zero-order valence-electron chi connectivity index (χ0n) is 12.1. The van der Waals surface area contributed by atoms with E-state index in [4.69, 9.17) is 4.74 Å². The first-order chi connectivity index (χ1) is 8.85. The fourth-order valence-electron chi connectivity index (χ4n) is 3.15. The predicted molar refractivity (Wildman–Crippen MR) is 73.9 cm³/mol. The number of carbonyl (C=O) groups excluding carboxylic acids is 1. The minimum absolute atomic E-state index is 0.134. The molecule has 0 unspecified atom stereocenters. The quantitative estimate of drug-likeness (QED) is 0.852. The first-order valence-corrected chi connectivity index (χ1v) is 6.73. The maximum atomic E-state index is 12.2. The van der Waals surface area contributed by atoms with Crippen LogP contribution in [0, 0.1) is 12.8 Å². The molecular formula is C16H22O3. The second-order valence-corrected chi connectivity index (χ2v) is 6.00. The van der Waals surface area contributed by atoms with E-state index in [1.54, 1.807) is 0 Å². The molecule has 3 heteroatoms. The number of carbonyl (C=O) groups is 1. The minimum Gasteiger partial charge on any atom is -0.468 e. The Morgan fingerprint density at radius 3 is 2.37 bits per heavy atom. The van der Waals surface area contributed by atoms with Crippen molar-refractivity contribution in [2.75, 3.05) is 7.11 Å². The molecule has 0 aromatic heterocycles. The van der Waals surface area contributed by atoms with Crippen LogP contribution < -0.4 is 0 Å². The highest BCUT2D eigenvalue weighted by atomic mass is 16.5. The fourth-order valence-corrected chi connectivity index (χ4v) is 3.15. The summed E-state index contributed by atoms with van der Waals surface area (Å²) in [5.41, 5.74) is 0.598. The predicted octanol–water partition coefficient (Wildman–Crippen LogP) is 2.59. The van der Waals surface area contributed by atoms with Crippen molar-refractivity contribution >= 4 is 5.97 Å². The van der Waals surface area contributed by atoms with Crippen LogP contribution in [0.4, 0.5) is 0 Å². The van der Waals surface area contributed by atoms with E-state index < -0.39 is 11.0 Å². The van der Waals surface area contributed by atoms with Crippen LogP contribution in [0.2, 0.25) is 0 Å². The summed E-state index contributed by atoms with van der Waals surface area (Å²) >= 11 is 0. The molecule has 2 rings (SSSR count). The Kier molecular flexibility index (Phi) is 3.43. The monoisotopic (exact) mass is 262 g/mol. The highest BCUT2D eigenvalue weighted by Gasteiger charge is 2.61. The summed E-state index contributed by atoms with van der Waals surface area (Å²) in [6.07, 6.45) is 0.879. The van der Waals surface area contributed by atoms with Crippen molar-refractivity contribution in [1.82, 2.24) is 0 Å². The normalized spacial score (nSPS) is 30.0. The number of methoxy groups -OCH3 is 1. The van der Waals surface area contributed by atoms with Crippen molar-refractivity contribution in [3.63, 3.8) is 0 Å². The van der Waals surface area contributed by atoms with Gasteiger partial charge in [0.25, 0.3) is 0 Å². The van der Waals surface area contributed by atoms with Crippen molar-refractivity contribution in [2.24, 2.45) is 5.92 Å². The molecule has 104 valence electrons. The lowest BCUT2D eigenvalue weighted by Crippen LogP contribution is -2.61. The van der Waals surface area contributed by atoms with Crippen molar-refractivity contribution < 1.29 is 14.6 Å². The number of hydrogen-bond acceptors (Lipinski definition) is 3. The lowest BCUT2D eigenvalue weighted by atomic mass is 9.52. The molecule has 0 bridgehead atoms. The average molecular weight is 262 g/mol. The molecule has 19 heavy (non-hydrogen) atoms. The van der Waals surface area contributed by atoms with Crippen molar-refractivity contribution in [3.8, 4) is 0 Å². The van der Waals surface area contributed by atoms with E-state index in [1.165, 1.54) is 7.11 Å². The van der Waals surface area contributed by atoms with E-state index in [-0.39, 0.29) is 11.9 Å². The number of esters is 1. The van der Waals surface area contributed by atoms with Gasteiger partial charge in [-0.3, -0.25) is 4.79 Å². The summed E-state index contributed by atoms with van der Waals surface area (Å²) in [6.45, 7) is 5.96. The molecule has 0 heterocycles. The molecule has 1 aliphatic carbocycles. The summed E-state index contributed by atoms with van der Waals surface area (Å²) in [4.78, 5) is 12.2. The molecule has 0 saturated heterocycles. The fraction of sp³-hybridized carbons (Fsp3) is 0.562. The largest absolute Gasteiger partial charge is 0.468 e. The minimum atomic E-state index is -0.767. The Labute approximate surface area is 114 Å². The molecule has 1 fully saturated rings. The molecule has 1 N–H and O–H groups in total. The number of rotatable bonds is 3. The van der Waals surface area contributed by atoms with Gasteiger partial charge in [-0.05, 0) is 36.8 Å². The van der Waals surface area contributed by atoms with Crippen LogP contribution in [0.3, 0.4) is 0 Å². The van der Waals surface area contributed by atoms with Crippen molar-refractivity contribution in [3.05, 3.63) is 35.4 Å². The summed E-state index contributed by atoms with van der Waals surface area (Å²) in [5.74, 6) is -0.110. The van der Waals surface area contributed by atoms with E-state index in [9.17, 15) is 9.90 Å². The Bertz CT molecular complexity index is 485. The molecule has 1 saturated carbocycles. The maximum absolute atomic E-state index is 12.2. The summed E-state index contributed by atoms with van der Waals surface area (Å²) < 4.78 is 4.99. The third-order valence-corrected chi connectivity index (χ3v) is 4.53. The topological polar surface area (TPSA) is 46.5 Å². The second kappa shape index (κ2) is 4.64. The first-order valence-electron chi connectivity index (χ1n) is 6.73. The van der Waals surface area contributed by atoms with Gasteiger partial charge in [-0.1, -0.05) is 38.1 Å². The van der Waals surface area contributed by atoms with Crippen LogP contribution >= 0.6 is 0 Å². The average Bonchev–Trinajstić information content (AvgIpc) is 2.34. The molecule has 0 spiro atoms. The van der Waals surface area contributed by atoms with E-state index >= 15 is 0 Å². The van der Waals surface area contributed by atoms with Crippen LogP contribution in [0.15, 0.2) is 24.3 Å². The summed E-state index contributed by atoms with van der Waals surface area (Å²) in [7, 11) is 1.41. The third kappa shape index (κ3) is 2.06. The number of hydrogen-bond donors (Lipinski definition) is 1. The number of benzene rings is 1. The van der Waals surface area contributed by atoms with Gasteiger partial charge in [-0.25, -0.2) is 0 Å². The molecular weight excluding hydrogens is 240 g/mol. The van der Waals surface area contributed by atoms with Gasteiger partial charge in [0.2, 0.25) is 0 Å². The number of ether oxygens (including phenoxy) is 1. The van der Waals surface area contributed by atoms with Gasteiger partial charge in [0.15, 0.2) is 0 Å². The van der Waals surface area contributed by atoms with Crippen LogP contribution in [0.5, 0.6) is 0 Å². The highest BCUT2D eigenvalue weighted by Crippen LogP contribution is 2.54. The Morgan fingerprint density at radius 2 is 1.89 bits per heavy atom. The standard InChI is InChI=1S/C16H22O3/c1-11(2)16(18)9-15(10-16,14(17)19-4)13-8-6-5-7-12(13)3/h5-8,11,18H,9-10H2,1-4H3. The molecule has 1 aliphatic rings. The van der Waals surface area contributed by atoms with E-state index in [0.717, 1.165) is 11.1 Å². The number of aryl methyl sites for hydroxylation is 1. The third-order valence-electron chi connectivity index (χ3n) is 4.53. The summed E-state index contributed by atoms with van der Waals surface area (Å²) in [6, 6.07) is 7.84. The zero-order chi connectivity index (χ0) is 14.3. The SMILES string of the molecule is COC(=O)C1(c2ccccc2C)CC(O)(C(C)C)C1. The van der Waals surface area contributed by atoms with Crippen LogP contribution in [0.1, 0.15) is 37.8 Å². The van der Waals surface area contributed by atoms with Gasteiger partial charge < -0.3 is 9.84 Å². The van der Waals surface area contributed by atoms with Gasteiger partial charge in [-0.15, -0.1) is 0 Å². The van der Waals surface area contributed by atoms with Crippen LogP contribution in [-0.2, 0) is 14.9 Å². The second-order valence-electron chi connectivity index (χ2n) is 6.00. The van der Waals surface area contributed by atoms with E-state index in [0.29, 0.717) is 12.8 Å². The Morgan fingerprint density at radius 1 is 1.32 bits per heavy atom. The molecule has 0 aliphatic heterocycles. The lowest BCUT2D eigenvalue weighted by Gasteiger charge is -2.54. The van der Waals surface area contributed by atoms with Gasteiger partial charge in [0.1, 0.15) is 0 Å². The van der Waals surface area contributed by atoms with Crippen LogP contribution in [0.25, 0.3) is 0 Å². The number of aliphatic hydroxyl groups is 1. The lowest BCUT2D eigenvalue weighted by molar-refractivity contribution is -0.175. The molecule has 0 radical (unpaired) electrons. The van der Waals surface area contributed by atoms with Crippen LogP contribution in [-0.4, -0.2) is 23.8 Å². The highest BCUT2D eigenvalue weighted by molar-refractivity contribution is 5.85. The summed E-state index contributed by atoms with van der Waals surface area (Å²) in [5, 5.41) is 10.5. The van der Waals surface area contributed by atoms with Crippen molar-refractivity contribution in [1.29, 1.82) is 0 Å². The zero-order valence-corrected chi connectivity index (χ0v) is 12.1. The Balaban J connectivity index is 2.41. The molecule has 0 amide bonds. The van der Waals surface area contributed by atoms with Gasteiger partial charge in [0.05, 0.1) is 18.1 Å². The molecule has 3 nitrogen and oxygen atoms in total. The first kappa shape index (κ1) is 14.1. The van der Waals surface area contributed by atoms with E-state index in [2.05, 4.69) is 0 Å². The maximum Gasteiger partial charge on any atom is 0.316 e. The Hall–Kier alpha value is -1.35. The van der Waals surface area contributed by atoms with Gasteiger partial charge >= 0.3 is 5.97 Å². The van der Waals surface area contributed by atoms with Gasteiger partial charge in [0, 0.05) is 0 Å². The molecule has 1 aromatic carbocycles. The van der Waals surface area contributed by atoms with Crippen molar-refractivity contribution in [2.45, 2.75) is 44.6 Å². The molecule has 0 atom stereocenters.